The molecule has 0 bridgehead atoms. The fourth-order valence-electron chi connectivity index (χ4n) is 3.62. The van der Waals surface area contributed by atoms with Gasteiger partial charge in [-0.1, -0.05) is 36.4 Å². The van der Waals surface area contributed by atoms with Crippen molar-refractivity contribution in [1.29, 1.82) is 0 Å². The maximum Gasteiger partial charge on any atom is 0.203 e. The highest BCUT2D eigenvalue weighted by molar-refractivity contribution is 6.00. The number of nitrogens with zero attached hydrogens (tertiary/aromatic N) is 1. The molecule has 3 aromatic carbocycles. The van der Waals surface area contributed by atoms with E-state index in [0.717, 1.165) is 30.4 Å². The second-order valence-corrected chi connectivity index (χ2v) is 7.20. The third-order valence-corrected chi connectivity index (χ3v) is 5.25. The Morgan fingerprint density at radius 2 is 1.72 bits per heavy atom. The quantitative estimate of drug-likeness (QED) is 0.560. The van der Waals surface area contributed by atoms with Crippen LogP contribution in [0.15, 0.2) is 66.7 Å². The average Bonchev–Trinajstić information content (AvgIpc) is 2.77. The number of fused-ring (bicyclic) bond motifs is 1. The molecule has 0 N–H and O–H groups in total. The van der Waals surface area contributed by atoms with Gasteiger partial charge in [-0.2, -0.15) is 0 Å². The van der Waals surface area contributed by atoms with Gasteiger partial charge in [-0.15, -0.1) is 0 Å². The largest absolute Gasteiger partial charge is 0.482 e. The number of carbonyl (C=O) groups is 1. The molecule has 1 aliphatic heterocycles. The summed E-state index contributed by atoms with van der Waals surface area (Å²) in [6.45, 7) is 3.87. The van der Waals surface area contributed by atoms with Crippen molar-refractivity contribution in [3.05, 3.63) is 78.1 Å². The zero-order chi connectivity index (χ0) is 20.1. The molecule has 0 aromatic heterocycles. The van der Waals surface area contributed by atoms with Gasteiger partial charge in [0, 0.05) is 37.0 Å². The van der Waals surface area contributed by atoms with E-state index in [9.17, 15) is 9.18 Å². The third-order valence-electron chi connectivity index (χ3n) is 5.25. The summed E-state index contributed by atoms with van der Waals surface area (Å²) in [6.07, 6.45) is -0.0893. The lowest BCUT2D eigenvalue weighted by molar-refractivity contribution is 0.0316. The molecule has 0 aliphatic carbocycles. The summed E-state index contributed by atoms with van der Waals surface area (Å²) in [5.74, 6) is 0.193. The molecule has 0 amide bonds. The zero-order valence-corrected chi connectivity index (χ0v) is 16.2. The molecule has 29 heavy (non-hydrogen) atoms. The number of carbonyl (C=O) groups excluding carboxylic acids is 1. The molecule has 150 valence electrons. The standard InChI is InChI=1S/C24H24FNO3/c25-20-10-8-19(9-11-20)24(27)23(12-13-26-14-16-28-17-15-26)29-22-7-3-5-18-4-1-2-6-21(18)22/h1-11,23H,12-17H2. The first-order chi connectivity index (χ1) is 14.2. The summed E-state index contributed by atoms with van der Waals surface area (Å²) < 4.78 is 25.0. The van der Waals surface area contributed by atoms with Crippen molar-refractivity contribution in [2.75, 3.05) is 32.8 Å². The van der Waals surface area contributed by atoms with Gasteiger partial charge in [-0.25, -0.2) is 4.39 Å². The molecule has 0 spiro atoms. The highest BCUT2D eigenvalue weighted by atomic mass is 19.1. The summed E-state index contributed by atoms with van der Waals surface area (Å²) in [6, 6.07) is 19.4. The van der Waals surface area contributed by atoms with E-state index in [2.05, 4.69) is 4.90 Å². The molecular weight excluding hydrogens is 369 g/mol. The minimum absolute atomic E-state index is 0.133. The molecule has 1 unspecified atom stereocenters. The number of rotatable bonds is 7. The number of hydrogen-bond acceptors (Lipinski definition) is 4. The monoisotopic (exact) mass is 393 g/mol. The van der Waals surface area contributed by atoms with Crippen molar-refractivity contribution in [1.82, 2.24) is 4.90 Å². The molecule has 3 aromatic rings. The van der Waals surface area contributed by atoms with Crippen LogP contribution < -0.4 is 4.74 Å². The number of benzene rings is 3. The molecule has 4 nitrogen and oxygen atoms in total. The lowest BCUT2D eigenvalue weighted by Crippen LogP contribution is -2.40. The molecular formula is C24H24FNO3. The summed E-state index contributed by atoms with van der Waals surface area (Å²) in [5, 5.41) is 2.03. The van der Waals surface area contributed by atoms with E-state index >= 15 is 0 Å². The van der Waals surface area contributed by atoms with Crippen LogP contribution in [0.1, 0.15) is 16.8 Å². The van der Waals surface area contributed by atoms with E-state index in [4.69, 9.17) is 9.47 Å². The molecule has 0 radical (unpaired) electrons. The maximum atomic E-state index is 13.3. The second kappa shape index (κ2) is 9.16. The Balaban J connectivity index is 1.58. The minimum atomic E-state index is -0.644. The summed E-state index contributed by atoms with van der Waals surface area (Å²) in [5.41, 5.74) is 0.457. The molecule has 5 heteroatoms. The van der Waals surface area contributed by atoms with E-state index in [-0.39, 0.29) is 11.6 Å². The normalized spacial score (nSPS) is 15.9. The van der Waals surface area contributed by atoms with Gasteiger partial charge in [0.25, 0.3) is 0 Å². The van der Waals surface area contributed by atoms with E-state index in [1.54, 1.807) is 0 Å². The van der Waals surface area contributed by atoms with E-state index < -0.39 is 6.10 Å². The Bertz CT molecular complexity index is 962. The SMILES string of the molecule is O=C(c1ccc(F)cc1)C(CCN1CCOCC1)Oc1cccc2ccccc12. The van der Waals surface area contributed by atoms with Gasteiger partial charge in [0.15, 0.2) is 6.10 Å². The second-order valence-electron chi connectivity index (χ2n) is 7.20. The molecule has 1 atom stereocenters. The van der Waals surface area contributed by atoms with E-state index in [0.29, 0.717) is 30.9 Å². The van der Waals surface area contributed by atoms with E-state index in [1.807, 2.05) is 42.5 Å². The smallest absolute Gasteiger partial charge is 0.203 e. The Morgan fingerprint density at radius 3 is 2.52 bits per heavy atom. The van der Waals surface area contributed by atoms with Crippen molar-refractivity contribution in [3.63, 3.8) is 0 Å². The topological polar surface area (TPSA) is 38.8 Å². The molecule has 0 saturated carbocycles. The van der Waals surface area contributed by atoms with Crippen LogP contribution in [0.3, 0.4) is 0 Å². The fraction of sp³-hybridized carbons (Fsp3) is 0.292. The Hall–Kier alpha value is -2.76. The first kappa shape index (κ1) is 19.6. The Kier molecular flexibility index (Phi) is 6.17. The summed E-state index contributed by atoms with van der Waals surface area (Å²) >= 11 is 0. The van der Waals surface area contributed by atoms with Gasteiger partial charge in [0.1, 0.15) is 11.6 Å². The van der Waals surface area contributed by atoms with Gasteiger partial charge in [0.05, 0.1) is 13.2 Å². The van der Waals surface area contributed by atoms with Crippen molar-refractivity contribution >= 4 is 16.6 Å². The van der Waals surface area contributed by atoms with Crippen LogP contribution in [-0.2, 0) is 4.74 Å². The van der Waals surface area contributed by atoms with Crippen LogP contribution in [0, 0.1) is 5.82 Å². The molecule has 1 heterocycles. The molecule has 1 fully saturated rings. The lowest BCUT2D eigenvalue weighted by Gasteiger charge is -2.28. The van der Waals surface area contributed by atoms with Crippen LogP contribution in [0.4, 0.5) is 4.39 Å². The number of morpholine rings is 1. The van der Waals surface area contributed by atoms with Crippen LogP contribution in [0.25, 0.3) is 10.8 Å². The third kappa shape index (κ3) is 4.81. The number of Topliss-reactive ketones (excluding diaryl/α,β-unsaturated/α-hetero) is 1. The van der Waals surface area contributed by atoms with E-state index in [1.165, 1.54) is 24.3 Å². The first-order valence-electron chi connectivity index (χ1n) is 9.95. The number of hydrogen-bond donors (Lipinski definition) is 0. The van der Waals surface area contributed by atoms with Crippen molar-refractivity contribution in [2.24, 2.45) is 0 Å². The van der Waals surface area contributed by atoms with Gasteiger partial charge in [-0.3, -0.25) is 9.69 Å². The summed E-state index contributed by atoms with van der Waals surface area (Å²) in [7, 11) is 0. The predicted molar refractivity (Wildman–Crippen MR) is 111 cm³/mol. The maximum absolute atomic E-state index is 13.3. The van der Waals surface area contributed by atoms with Gasteiger partial charge in [-0.05, 0) is 35.7 Å². The predicted octanol–water partition coefficient (Wildman–Crippen LogP) is 4.33. The van der Waals surface area contributed by atoms with Gasteiger partial charge >= 0.3 is 0 Å². The van der Waals surface area contributed by atoms with Crippen LogP contribution in [0.2, 0.25) is 0 Å². The number of halogens is 1. The summed E-state index contributed by atoms with van der Waals surface area (Å²) in [4.78, 5) is 15.5. The first-order valence-corrected chi connectivity index (χ1v) is 9.95. The number of ether oxygens (including phenoxy) is 2. The molecule has 4 rings (SSSR count). The molecule has 1 aliphatic rings. The highest BCUT2D eigenvalue weighted by Gasteiger charge is 2.24. The minimum Gasteiger partial charge on any atom is -0.482 e. The van der Waals surface area contributed by atoms with Crippen molar-refractivity contribution < 1.29 is 18.7 Å². The number of ketones is 1. The van der Waals surface area contributed by atoms with Gasteiger partial charge in [0.2, 0.25) is 5.78 Å². The molecule has 1 saturated heterocycles. The van der Waals surface area contributed by atoms with Gasteiger partial charge < -0.3 is 9.47 Å². The van der Waals surface area contributed by atoms with Crippen molar-refractivity contribution in [3.8, 4) is 5.75 Å². The fourth-order valence-corrected chi connectivity index (χ4v) is 3.62. The zero-order valence-electron chi connectivity index (χ0n) is 16.2. The van der Waals surface area contributed by atoms with Crippen LogP contribution >= 0.6 is 0 Å². The highest BCUT2D eigenvalue weighted by Crippen LogP contribution is 2.27. The average molecular weight is 393 g/mol. The Morgan fingerprint density at radius 1 is 1.00 bits per heavy atom. The lowest BCUT2D eigenvalue weighted by atomic mass is 10.0. The Labute approximate surface area is 169 Å². The van der Waals surface area contributed by atoms with Crippen LogP contribution in [-0.4, -0.2) is 49.6 Å². The van der Waals surface area contributed by atoms with Crippen LogP contribution in [0.5, 0.6) is 5.75 Å². The van der Waals surface area contributed by atoms with Crippen molar-refractivity contribution in [2.45, 2.75) is 12.5 Å².